The molecule has 0 saturated carbocycles. The molecule has 34 heavy (non-hydrogen) atoms. The number of nitriles is 1. The summed E-state index contributed by atoms with van der Waals surface area (Å²) in [6.07, 6.45) is 0. The maximum atomic E-state index is 13.1. The number of hydrogen-bond donors (Lipinski definition) is 1. The Balaban J connectivity index is 2.10. The minimum Gasteiger partial charge on any atom is -0.466 e. The van der Waals surface area contributed by atoms with Crippen LogP contribution in [0.5, 0.6) is 0 Å². The fraction of sp³-hybridized carbons (Fsp3) is 0.167. The minimum absolute atomic E-state index is 0.0492. The van der Waals surface area contributed by atoms with Crippen molar-refractivity contribution in [2.75, 3.05) is 19.1 Å². The highest BCUT2D eigenvalue weighted by Crippen LogP contribution is 2.46. The van der Waals surface area contributed by atoms with Crippen LogP contribution < -0.4 is 10.6 Å². The third-order valence-corrected chi connectivity index (χ3v) is 6.93. The monoisotopic (exact) mass is 494 g/mol. The van der Waals surface area contributed by atoms with Crippen LogP contribution in [0.4, 0.5) is 5.69 Å². The van der Waals surface area contributed by atoms with Crippen LogP contribution in [0.3, 0.4) is 0 Å². The number of rotatable bonds is 4. The predicted octanol–water partition coefficient (Wildman–Crippen LogP) is 4.16. The van der Waals surface area contributed by atoms with Gasteiger partial charge in [-0.15, -0.1) is 11.3 Å². The van der Waals surface area contributed by atoms with E-state index < -0.39 is 17.9 Å². The van der Waals surface area contributed by atoms with Crippen LogP contribution in [-0.4, -0.2) is 31.1 Å². The topological polar surface area (TPSA) is 119 Å². The number of thiazole rings is 1. The molecule has 2 aromatic carbocycles. The molecule has 10 heteroatoms. The molecule has 0 amide bonds. The molecular weight excluding hydrogens is 476 g/mol. The van der Waals surface area contributed by atoms with Crippen LogP contribution in [-0.2, 0) is 19.1 Å². The second-order valence-corrected chi connectivity index (χ2v) is 8.90. The quantitative estimate of drug-likeness (QED) is 0.537. The van der Waals surface area contributed by atoms with E-state index >= 15 is 0 Å². The van der Waals surface area contributed by atoms with Gasteiger partial charge in [0.15, 0.2) is 0 Å². The number of anilines is 1. The maximum Gasteiger partial charge on any atom is 0.355 e. The first kappa shape index (κ1) is 23.3. The smallest absolute Gasteiger partial charge is 0.355 e. The summed E-state index contributed by atoms with van der Waals surface area (Å²) in [7, 11) is 2.39. The van der Waals surface area contributed by atoms with Crippen molar-refractivity contribution in [1.82, 2.24) is 4.98 Å². The number of ether oxygens (including phenoxy) is 2. The summed E-state index contributed by atoms with van der Waals surface area (Å²) in [4.78, 5) is 31.9. The molecule has 1 aromatic heterocycles. The zero-order valence-electron chi connectivity index (χ0n) is 18.5. The number of nitrogens with zero attached hydrogens (tertiary/aromatic N) is 3. The highest BCUT2D eigenvalue weighted by molar-refractivity contribution is 7.19. The van der Waals surface area contributed by atoms with E-state index in [9.17, 15) is 14.9 Å². The molecule has 172 valence electrons. The summed E-state index contributed by atoms with van der Waals surface area (Å²) in [6.45, 7) is 1.85. The van der Waals surface area contributed by atoms with E-state index in [4.69, 9.17) is 26.8 Å². The number of hydrogen-bond acceptors (Lipinski definition) is 9. The van der Waals surface area contributed by atoms with E-state index in [0.29, 0.717) is 21.5 Å². The zero-order chi connectivity index (χ0) is 24.6. The number of aromatic nitrogens is 1. The summed E-state index contributed by atoms with van der Waals surface area (Å²) >= 11 is 8.12. The second kappa shape index (κ2) is 9.17. The molecule has 3 aromatic rings. The summed E-state index contributed by atoms with van der Waals surface area (Å²) in [6, 6.07) is 14.3. The van der Waals surface area contributed by atoms with Crippen molar-refractivity contribution in [2.24, 2.45) is 5.73 Å². The fourth-order valence-electron chi connectivity index (χ4n) is 4.00. The average Bonchev–Trinajstić information content (AvgIpc) is 3.24. The van der Waals surface area contributed by atoms with Crippen LogP contribution >= 0.6 is 22.9 Å². The Morgan fingerprint density at radius 3 is 2.44 bits per heavy atom. The van der Waals surface area contributed by atoms with Crippen LogP contribution in [0.1, 0.15) is 16.5 Å². The van der Waals surface area contributed by atoms with Crippen molar-refractivity contribution in [3.05, 3.63) is 80.7 Å². The molecule has 0 radical (unpaired) electrons. The third kappa shape index (κ3) is 3.67. The van der Waals surface area contributed by atoms with Crippen LogP contribution in [0, 0.1) is 18.3 Å². The molecule has 0 fully saturated rings. The zero-order valence-corrected chi connectivity index (χ0v) is 20.0. The number of carbonyl (C=O) groups is 2. The number of aryl methyl sites for hydroxylation is 1. The number of esters is 2. The van der Waals surface area contributed by atoms with Gasteiger partial charge in [0.05, 0.1) is 63.3 Å². The van der Waals surface area contributed by atoms with Crippen LogP contribution in [0.2, 0.25) is 5.02 Å². The lowest BCUT2D eigenvalue weighted by Gasteiger charge is -2.36. The molecule has 0 bridgehead atoms. The molecule has 1 aliphatic heterocycles. The van der Waals surface area contributed by atoms with Crippen LogP contribution in [0.25, 0.3) is 10.2 Å². The molecule has 1 atom stereocenters. The Morgan fingerprint density at radius 1 is 1.15 bits per heavy atom. The Bertz CT molecular complexity index is 1420. The van der Waals surface area contributed by atoms with Crippen molar-refractivity contribution in [2.45, 2.75) is 12.8 Å². The Morgan fingerprint density at radius 2 is 1.82 bits per heavy atom. The lowest BCUT2D eigenvalue weighted by Crippen LogP contribution is -2.40. The SMILES string of the molecule is COC(=O)C1=C(C(=O)OC)N(c2ccc3nc(C)sc3c2Cl)C(N)=C(C#N)C1c1ccccc1. The van der Waals surface area contributed by atoms with Gasteiger partial charge in [0.2, 0.25) is 0 Å². The van der Waals surface area contributed by atoms with E-state index in [-0.39, 0.29) is 27.7 Å². The average molecular weight is 495 g/mol. The van der Waals surface area contributed by atoms with Gasteiger partial charge in [-0.3, -0.25) is 4.90 Å². The van der Waals surface area contributed by atoms with E-state index in [1.807, 2.05) is 6.92 Å². The van der Waals surface area contributed by atoms with Crippen molar-refractivity contribution in [3.8, 4) is 6.07 Å². The van der Waals surface area contributed by atoms with Crippen LogP contribution in [0.15, 0.2) is 65.1 Å². The van der Waals surface area contributed by atoms with E-state index in [0.717, 1.165) is 5.01 Å². The molecule has 0 saturated heterocycles. The minimum atomic E-state index is -0.947. The molecule has 2 N–H and O–H groups in total. The molecule has 8 nitrogen and oxygen atoms in total. The first-order chi connectivity index (χ1) is 16.3. The van der Waals surface area contributed by atoms with Gasteiger partial charge >= 0.3 is 11.9 Å². The highest BCUT2D eigenvalue weighted by Gasteiger charge is 2.43. The highest BCUT2D eigenvalue weighted by atomic mass is 35.5. The summed E-state index contributed by atoms with van der Waals surface area (Å²) < 4.78 is 10.8. The second-order valence-electron chi connectivity index (χ2n) is 7.32. The van der Waals surface area contributed by atoms with Gasteiger partial charge in [-0.1, -0.05) is 41.9 Å². The molecule has 2 heterocycles. The standard InChI is InChI=1S/C24H19ClN4O4S/c1-12-28-15-9-10-16(19(25)21(15)34-12)29-20(24(31)33-3)18(23(30)32-2)17(14(11-26)22(29)27)13-7-5-4-6-8-13/h4-10,17H,27H2,1-3H3. The first-order valence-corrected chi connectivity index (χ1v) is 11.2. The molecule has 0 spiro atoms. The normalized spacial score (nSPS) is 16.0. The van der Waals surface area contributed by atoms with Gasteiger partial charge < -0.3 is 15.2 Å². The van der Waals surface area contributed by atoms with Gasteiger partial charge in [-0.2, -0.15) is 5.26 Å². The van der Waals surface area contributed by atoms with E-state index in [1.165, 1.54) is 30.5 Å². The molecule has 1 unspecified atom stereocenters. The maximum absolute atomic E-state index is 13.1. The number of allylic oxidation sites excluding steroid dienone is 1. The summed E-state index contributed by atoms with van der Waals surface area (Å²) in [5.41, 5.74) is 7.89. The van der Waals surface area contributed by atoms with Gasteiger partial charge in [0.25, 0.3) is 0 Å². The summed E-state index contributed by atoms with van der Waals surface area (Å²) in [5, 5.41) is 11.2. The number of fused-ring (bicyclic) bond motifs is 1. The van der Waals surface area contributed by atoms with Crippen molar-refractivity contribution in [1.29, 1.82) is 5.26 Å². The van der Waals surface area contributed by atoms with Gasteiger partial charge in [-0.05, 0) is 24.6 Å². The molecule has 4 rings (SSSR count). The molecular formula is C24H19ClN4O4S. The lowest BCUT2D eigenvalue weighted by molar-refractivity contribution is -0.139. The van der Waals surface area contributed by atoms with E-state index in [2.05, 4.69) is 11.1 Å². The van der Waals surface area contributed by atoms with Crippen molar-refractivity contribution >= 4 is 50.8 Å². The van der Waals surface area contributed by atoms with Gasteiger partial charge in [0, 0.05) is 0 Å². The van der Waals surface area contributed by atoms with Gasteiger partial charge in [0.1, 0.15) is 11.5 Å². The molecule has 1 aliphatic rings. The van der Waals surface area contributed by atoms with Crippen molar-refractivity contribution in [3.63, 3.8) is 0 Å². The third-order valence-electron chi connectivity index (χ3n) is 5.43. The molecule has 0 aliphatic carbocycles. The number of carbonyl (C=O) groups excluding carboxylic acids is 2. The first-order valence-electron chi connectivity index (χ1n) is 10.0. The fourth-order valence-corrected chi connectivity index (χ4v) is 5.21. The Labute approximate surface area is 204 Å². The lowest BCUT2D eigenvalue weighted by atomic mass is 9.81. The summed E-state index contributed by atoms with van der Waals surface area (Å²) in [5.74, 6) is -2.63. The Hall–Kier alpha value is -3.87. The number of methoxy groups -OCH3 is 2. The number of benzene rings is 2. The van der Waals surface area contributed by atoms with Gasteiger partial charge in [-0.25, -0.2) is 14.6 Å². The Kier molecular flexibility index (Phi) is 6.28. The number of halogens is 1. The van der Waals surface area contributed by atoms with Crippen molar-refractivity contribution < 1.29 is 19.1 Å². The number of nitrogens with two attached hydrogens (primary N) is 1. The predicted molar refractivity (Wildman–Crippen MR) is 129 cm³/mol. The van der Waals surface area contributed by atoms with E-state index in [1.54, 1.807) is 42.5 Å². The largest absolute Gasteiger partial charge is 0.466 e.